The molecule has 1 aliphatic rings. The first-order valence-electron chi connectivity index (χ1n) is 9.46. The molecule has 0 amide bonds. The number of aromatic nitrogens is 2. The molecule has 1 aliphatic carbocycles. The van der Waals surface area contributed by atoms with Crippen LogP contribution < -0.4 is 11.5 Å². The van der Waals surface area contributed by atoms with E-state index in [0.29, 0.717) is 16.4 Å². The number of fused-ring (bicyclic) bond motifs is 4. The van der Waals surface area contributed by atoms with Crippen LogP contribution in [0, 0.1) is 16.7 Å². The van der Waals surface area contributed by atoms with Crippen LogP contribution >= 0.6 is 11.3 Å². The van der Waals surface area contributed by atoms with Gasteiger partial charge in [-0.2, -0.15) is 5.26 Å². The second-order valence-corrected chi connectivity index (χ2v) is 8.33. The lowest BCUT2D eigenvalue weighted by molar-refractivity contribution is 0.689. The average Bonchev–Trinajstić information content (AvgIpc) is 3.11. The van der Waals surface area contributed by atoms with Crippen molar-refractivity contribution in [2.24, 2.45) is 0 Å². The number of nitrogens with two attached hydrogens (primary N) is 2. The Morgan fingerprint density at radius 3 is 2.59 bits per heavy atom. The zero-order valence-corrected chi connectivity index (χ0v) is 16.4. The summed E-state index contributed by atoms with van der Waals surface area (Å²) in [6, 6.07) is 11.7. The highest BCUT2D eigenvalue weighted by molar-refractivity contribution is 7.22. The van der Waals surface area contributed by atoms with Crippen molar-refractivity contribution in [3.8, 4) is 17.3 Å². The van der Waals surface area contributed by atoms with Crippen LogP contribution in [0.3, 0.4) is 0 Å². The fourth-order valence-corrected chi connectivity index (χ4v) is 5.06. The molecule has 0 atom stereocenters. The Morgan fingerprint density at radius 1 is 1.03 bits per heavy atom. The summed E-state index contributed by atoms with van der Waals surface area (Å²) in [4.78, 5) is 9.33. The van der Waals surface area contributed by atoms with Gasteiger partial charge >= 0.3 is 0 Å². The highest BCUT2D eigenvalue weighted by Crippen LogP contribution is 2.39. The van der Waals surface area contributed by atoms with Gasteiger partial charge in [-0.3, -0.25) is 5.41 Å². The molecule has 0 fully saturated rings. The van der Waals surface area contributed by atoms with E-state index >= 15 is 0 Å². The van der Waals surface area contributed by atoms with Crippen LogP contribution in [0.1, 0.15) is 29.5 Å². The lowest BCUT2D eigenvalue weighted by Crippen LogP contribution is -2.11. The minimum absolute atomic E-state index is 0.114. The summed E-state index contributed by atoms with van der Waals surface area (Å²) < 4.78 is 1.04. The lowest BCUT2D eigenvalue weighted by atomic mass is 9.84. The Bertz CT molecular complexity index is 1360. The van der Waals surface area contributed by atoms with Crippen LogP contribution in [-0.2, 0) is 12.8 Å². The SMILES string of the molecule is N#CC(=N)c1c(N)ccc2nc(-c3ccc4nc(N)sc4c3)c3c(c12)CCCC3. The van der Waals surface area contributed by atoms with Crippen LogP contribution in [0.15, 0.2) is 30.3 Å². The number of benzene rings is 2. The number of hydrogen-bond acceptors (Lipinski definition) is 7. The van der Waals surface area contributed by atoms with E-state index in [9.17, 15) is 5.26 Å². The summed E-state index contributed by atoms with van der Waals surface area (Å²) in [5.41, 5.74) is 18.9. The fourth-order valence-electron chi connectivity index (χ4n) is 4.29. The molecule has 2 aromatic carbocycles. The van der Waals surface area contributed by atoms with Crippen molar-refractivity contribution in [2.75, 3.05) is 11.5 Å². The van der Waals surface area contributed by atoms with Crippen LogP contribution in [-0.4, -0.2) is 15.7 Å². The smallest absolute Gasteiger partial charge is 0.181 e. The number of hydrogen-bond donors (Lipinski definition) is 3. The summed E-state index contributed by atoms with van der Waals surface area (Å²) >= 11 is 1.47. The maximum atomic E-state index is 9.35. The maximum Gasteiger partial charge on any atom is 0.181 e. The second-order valence-electron chi connectivity index (χ2n) is 7.27. The molecule has 29 heavy (non-hydrogen) atoms. The van der Waals surface area contributed by atoms with E-state index in [0.717, 1.165) is 58.1 Å². The van der Waals surface area contributed by atoms with Crippen molar-refractivity contribution in [3.05, 3.63) is 47.0 Å². The fraction of sp³-hybridized carbons (Fsp3) is 0.182. The molecule has 6 nitrogen and oxygen atoms in total. The summed E-state index contributed by atoms with van der Waals surface area (Å²) in [6.45, 7) is 0. The third kappa shape index (κ3) is 2.72. The number of nitrogens with zero attached hydrogens (tertiary/aromatic N) is 3. The molecule has 0 bridgehead atoms. The normalized spacial score (nSPS) is 13.3. The summed E-state index contributed by atoms with van der Waals surface area (Å²) in [6.07, 6.45) is 3.98. The largest absolute Gasteiger partial charge is 0.398 e. The molecular weight excluding hydrogens is 380 g/mol. The van der Waals surface area contributed by atoms with Gasteiger partial charge in [-0.05, 0) is 61.1 Å². The van der Waals surface area contributed by atoms with Crippen molar-refractivity contribution >= 4 is 49.0 Å². The monoisotopic (exact) mass is 398 g/mol. The molecule has 5 rings (SSSR count). The van der Waals surface area contributed by atoms with Crippen LogP contribution in [0.4, 0.5) is 10.8 Å². The Balaban J connectivity index is 1.84. The number of nitriles is 1. The predicted molar refractivity (Wildman–Crippen MR) is 118 cm³/mol. The first kappa shape index (κ1) is 17.6. The van der Waals surface area contributed by atoms with Gasteiger partial charge < -0.3 is 11.5 Å². The zero-order valence-electron chi connectivity index (χ0n) is 15.6. The molecule has 142 valence electrons. The lowest BCUT2D eigenvalue weighted by Gasteiger charge is -2.23. The molecule has 0 unspecified atom stereocenters. The van der Waals surface area contributed by atoms with Crippen molar-refractivity contribution in [2.45, 2.75) is 25.7 Å². The molecule has 4 aromatic rings. The Kier molecular flexibility index (Phi) is 3.96. The standard InChI is InChI=1S/C22H18N6S/c23-10-15(25)20-14(24)6-8-17-19(20)12-3-1-2-4-13(12)21(27-17)11-5-7-16-18(9-11)29-22(26)28-16/h5-9,25H,1-4,24H2,(H2,26,28). The number of nitrogens with one attached hydrogen (secondary N) is 1. The molecule has 0 radical (unpaired) electrons. The van der Waals surface area contributed by atoms with Gasteiger partial charge in [-0.25, -0.2) is 9.97 Å². The first-order chi connectivity index (χ1) is 14.1. The second kappa shape index (κ2) is 6.54. The van der Waals surface area contributed by atoms with E-state index in [-0.39, 0.29) is 5.71 Å². The summed E-state index contributed by atoms with van der Waals surface area (Å²) in [5, 5.41) is 18.9. The number of nitrogen functional groups attached to an aromatic ring is 2. The zero-order chi connectivity index (χ0) is 20.1. The summed E-state index contributed by atoms with van der Waals surface area (Å²) in [7, 11) is 0. The van der Waals surface area contributed by atoms with Gasteiger partial charge in [0.1, 0.15) is 11.8 Å². The third-order valence-electron chi connectivity index (χ3n) is 5.54. The maximum absolute atomic E-state index is 9.35. The van der Waals surface area contributed by atoms with E-state index in [4.69, 9.17) is 21.9 Å². The van der Waals surface area contributed by atoms with Crippen molar-refractivity contribution < 1.29 is 0 Å². The molecule has 7 heteroatoms. The van der Waals surface area contributed by atoms with Crippen molar-refractivity contribution in [3.63, 3.8) is 0 Å². The van der Waals surface area contributed by atoms with Gasteiger partial charge in [0, 0.05) is 22.2 Å². The Labute approximate surface area is 171 Å². The third-order valence-corrected chi connectivity index (χ3v) is 6.39. The topological polar surface area (TPSA) is 125 Å². The molecule has 0 saturated heterocycles. The molecule has 2 aromatic heterocycles. The van der Waals surface area contributed by atoms with E-state index in [1.807, 2.05) is 24.3 Å². The minimum Gasteiger partial charge on any atom is -0.398 e. The molecular formula is C22H18N6S. The predicted octanol–water partition coefficient (Wildman–Crippen LogP) is 4.45. The minimum atomic E-state index is -0.114. The number of thiazole rings is 1. The van der Waals surface area contributed by atoms with E-state index < -0.39 is 0 Å². The van der Waals surface area contributed by atoms with Gasteiger partial charge in [-0.1, -0.05) is 17.4 Å². The number of aryl methyl sites for hydroxylation is 1. The number of anilines is 2. The van der Waals surface area contributed by atoms with Crippen LogP contribution in [0.5, 0.6) is 0 Å². The van der Waals surface area contributed by atoms with E-state index in [1.165, 1.54) is 22.5 Å². The van der Waals surface area contributed by atoms with Gasteiger partial charge in [0.2, 0.25) is 0 Å². The number of rotatable bonds is 2. The molecule has 0 spiro atoms. The molecule has 2 heterocycles. The Hall–Kier alpha value is -3.50. The molecule has 0 saturated carbocycles. The molecule has 5 N–H and O–H groups in total. The van der Waals surface area contributed by atoms with E-state index in [1.54, 1.807) is 6.07 Å². The van der Waals surface area contributed by atoms with Gasteiger partial charge in [-0.15, -0.1) is 0 Å². The van der Waals surface area contributed by atoms with Crippen LogP contribution in [0.25, 0.3) is 32.4 Å². The number of pyridine rings is 1. The molecule has 0 aliphatic heterocycles. The van der Waals surface area contributed by atoms with E-state index in [2.05, 4.69) is 11.1 Å². The van der Waals surface area contributed by atoms with Crippen molar-refractivity contribution in [1.29, 1.82) is 10.7 Å². The average molecular weight is 398 g/mol. The van der Waals surface area contributed by atoms with Gasteiger partial charge in [0.05, 0.1) is 21.4 Å². The highest BCUT2D eigenvalue weighted by Gasteiger charge is 2.23. The quantitative estimate of drug-likeness (QED) is 0.340. The summed E-state index contributed by atoms with van der Waals surface area (Å²) in [5.74, 6) is 0. The highest BCUT2D eigenvalue weighted by atomic mass is 32.1. The Morgan fingerprint density at radius 2 is 1.79 bits per heavy atom. The van der Waals surface area contributed by atoms with Gasteiger partial charge in [0.25, 0.3) is 0 Å². The first-order valence-corrected chi connectivity index (χ1v) is 10.3. The van der Waals surface area contributed by atoms with Crippen LogP contribution in [0.2, 0.25) is 0 Å². The van der Waals surface area contributed by atoms with Gasteiger partial charge in [0.15, 0.2) is 5.13 Å². The van der Waals surface area contributed by atoms with Crippen molar-refractivity contribution in [1.82, 2.24) is 9.97 Å².